The summed E-state index contributed by atoms with van der Waals surface area (Å²) in [6.45, 7) is 0. The van der Waals surface area contributed by atoms with E-state index in [1.54, 1.807) is 36.5 Å². The fourth-order valence-corrected chi connectivity index (χ4v) is 2.29. The Morgan fingerprint density at radius 1 is 1.25 bits per heavy atom. The van der Waals surface area contributed by atoms with E-state index in [1.165, 1.54) is 7.11 Å². The highest BCUT2D eigenvalue weighted by atomic mass is 35.5. The van der Waals surface area contributed by atoms with Gasteiger partial charge in [0, 0.05) is 5.02 Å². The molecule has 124 valence electrons. The van der Waals surface area contributed by atoms with Gasteiger partial charge in [-0.25, -0.2) is 0 Å². The molecule has 0 spiro atoms. The quantitative estimate of drug-likeness (QED) is 0.371. The third-order valence-electron chi connectivity index (χ3n) is 3.54. The van der Waals surface area contributed by atoms with Gasteiger partial charge in [0.1, 0.15) is 0 Å². The summed E-state index contributed by atoms with van der Waals surface area (Å²) in [6, 6.07) is 12.6. The highest BCUT2D eigenvalue weighted by molar-refractivity contribution is 6.30. The van der Waals surface area contributed by atoms with Gasteiger partial charge in [-0.15, -0.1) is 0 Å². The largest absolute Gasteiger partial charge is 0.493 e. The van der Waals surface area contributed by atoms with Crippen molar-refractivity contribution in [3.05, 3.63) is 53.1 Å². The van der Waals surface area contributed by atoms with Gasteiger partial charge < -0.3 is 9.47 Å². The zero-order valence-corrected chi connectivity index (χ0v) is 13.9. The number of anilines is 1. The molecule has 0 radical (unpaired) electrons. The molecule has 3 rings (SSSR count). The Hall–Kier alpha value is -2.53. The summed E-state index contributed by atoms with van der Waals surface area (Å²) in [7, 11) is 1.54. The first-order valence-corrected chi connectivity index (χ1v) is 7.98. The predicted molar refractivity (Wildman–Crippen MR) is 94.0 cm³/mol. The average molecular weight is 345 g/mol. The molecule has 0 amide bonds. The molecule has 5 nitrogen and oxygen atoms in total. The van der Waals surface area contributed by atoms with Crippen molar-refractivity contribution in [2.24, 2.45) is 11.0 Å². The number of esters is 1. The zero-order chi connectivity index (χ0) is 16.9. The molecule has 1 aliphatic carbocycles. The van der Waals surface area contributed by atoms with Gasteiger partial charge in [0.05, 0.1) is 24.9 Å². The summed E-state index contributed by atoms with van der Waals surface area (Å²) in [5, 5.41) is 4.80. The number of hydrogen-bond donors (Lipinski definition) is 1. The summed E-state index contributed by atoms with van der Waals surface area (Å²) < 4.78 is 10.7. The fraction of sp³-hybridized carbons (Fsp3) is 0.222. The molecule has 0 unspecified atom stereocenters. The lowest BCUT2D eigenvalue weighted by Crippen LogP contribution is -2.10. The minimum absolute atomic E-state index is 0.0397. The minimum atomic E-state index is -0.197. The SMILES string of the molecule is COc1cc(/C=N\Nc2cccc(Cl)c2)ccc1OC(=O)C1CC1. The van der Waals surface area contributed by atoms with Gasteiger partial charge in [0.25, 0.3) is 0 Å². The molecule has 0 bridgehead atoms. The molecular weight excluding hydrogens is 328 g/mol. The molecular formula is C18H17ClN2O3. The van der Waals surface area contributed by atoms with Gasteiger partial charge in [-0.05, 0) is 54.8 Å². The summed E-state index contributed by atoms with van der Waals surface area (Å²) >= 11 is 5.92. The van der Waals surface area contributed by atoms with E-state index in [2.05, 4.69) is 10.5 Å². The monoisotopic (exact) mass is 344 g/mol. The van der Waals surface area contributed by atoms with Crippen LogP contribution in [0.5, 0.6) is 11.5 Å². The van der Waals surface area contributed by atoms with Crippen molar-refractivity contribution in [3.8, 4) is 11.5 Å². The van der Waals surface area contributed by atoms with E-state index in [0.717, 1.165) is 24.1 Å². The fourth-order valence-electron chi connectivity index (χ4n) is 2.10. The van der Waals surface area contributed by atoms with Crippen molar-refractivity contribution in [2.75, 3.05) is 12.5 Å². The maximum absolute atomic E-state index is 11.8. The number of nitrogens with one attached hydrogen (secondary N) is 1. The van der Waals surface area contributed by atoms with Crippen molar-refractivity contribution in [1.29, 1.82) is 0 Å². The van der Waals surface area contributed by atoms with Crippen molar-refractivity contribution < 1.29 is 14.3 Å². The topological polar surface area (TPSA) is 59.9 Å². The van der Waals surface area contributed by atoms with Gasteiger partial charge in [-0.3, -0.25) is 10.2 Å². The number of ether oxygens (including phenoxy) is 2. The molecule has 0 heterocycles. The molecule has 24 heavy (non-hydrogen) atoms. The molecule has 6 heteroatoms. The van der Waals surface area contributed by atoms with Crippen molar-refractivity contribution >= 4 is 29.5 Å². The Morgan fingerprint density at radius 3 is 2.79 bits per heavy atom. The van der Waals surface area contributed by atoms with Crippen LogP contribution >= 0.6 is 11.6 Å². The van der Waals surface area contributed by atoms with Crippen LogP contribution in [-0.2, 0) is 4.79 Å². The molecule has 1 aliphatic rings. The molecule has 0 aliphatic heterocycles. The van der Waals surface area contributed by atoms with Gasteiger partial charge >= 0.3 is 5.97 Å². The summed E-state index contributed by atoms with van der Waals surface area (Å²) in [5.41, 5.74) is 4.51. The zero-order valence-electron chi connectivity index (χ0n) is 13.2. The van der Waals surface area contributed by atoms with E-state index in [-0.39, 0.29) is 11.9 Å². The molecule has 1 saturated carbocycles. The Balaban J connectivity index is 1.67. The maximum atomic E-state index is 11.8. The van der Waals surface area contributed by atoms with Crippen LogP contribution in [0, 0.1) is 5.92 Å². The van der Waals surface area contributed by atoms with E-state index >= 15 is 0 Å². The third-order valence-corrected chi connectivity index (χ3v) is 3.78. The van der Waals surface area contributed by atoms with Gasteiger partial charge in [-0.2, -0.15) is 5.10 Å². The smallest absolute Gasteiger partial charge is 0.314 e. The lowest BCUT2D eigenvalue weighted by atomic mass is 10.2. The lowest BCUT2D eigenvalue weighted by molar-refractivity contribution is -0.135. The van der Waals surface area contributed by atoms with Crippen LogP contribution < -0.4 is 14.9 Å². The molecule has 1 N–H and O–H groups in total. The number of hydrazone groups is 1. The van der Waals surface area contributed by atoms with Crippen LogP contribution in [0.4, 0.5) is 5.69 Å². The number of benzene rings is 2. The number of halogens is 1. The molecule has 1 fully saturated rings. The Labute approximate surface area is 145 Å². The van der Waals surface area contributed by atoms with Crippen LogP contribution in [0.1, 0.15) is 18.4 Å². The second-order valence-corrected chi connectivity index (χ2v) is 5.92. The molecule has 2 aromatic rings. The normalized spacial score (nSPS) is 13.8. The van der Waals surface area contributed by atoms with E-state index in [0.29, 0.717) is 16.5 Å². The Morgan fingerprint density at radius 2 is 2.08 bits per heavy atom. The van der Waals surface area contributed by atoms with Crippen molar-refractivity contribution in [2.45, 2.75) is 12.8 Å². The number of hydrogen-bond acceptors (Lipinski definition) is 5. The number of carbonyl (C=O) groups excluding carboxylic acids is 1. The number of methoxy groups -OCH3 is 1. The maximum Gasteiger partial charge on any atom is 0.314 e. The second-order valence-electron chi connectivity index (χ2n) is 5.49. The minimum Gasteiger partial charge on any atom is -0.493 e. The van der Waals surface area contributed by atoms with Crippen molar-refractivity contribution in [3.63, 3.8) is 0 Å². The number of rotatable bonds is 6. The van der Waals surface area contributed by atoms with Crippen LogP contribution in [0.2, 0.25) is 5.02 Å². The van der Waals surface area contributed by atoms with Gasteiger partial charge in [0.15, 0.2) is 11.5 Å². The van der Waals surface area contributed by atoms with E-state index in [9.17, 15) is 4.79 Å². The first kappa shape index (κ1) is 16.3. The highest BCUT2D eigenvalue weighted by Gasteiger charge is 2.32. The predicted octanol–water partition coefficient (Wildman–Crippen LogP) is 4.11. The Bertz CT molecular complexity index is 773. The summed E-state index contributed by atoms with van der Waals surface area (Å²) in [5.74, 6) is 0.764. The average Bonchev–Trinajstić information content (AvgIpc) is 3.41. The number of nitrogens with zero attached hydrogens (tertiary/aromatic N) is 1. The van der Waals surface area contributed by atoms with Gasteiger partial charge in [-0.1, -0.05) is 17.7 Å². The van der Waals surface area contributed by atoms with Crippen LogP contribution in [0.15, 0.2) is 47.6 Å². The van der Waals surface area contributed by atoms with Gasteiger partial charge in [0.2, 0.25) is 0 Å². The molecule has 2 aromatic carbocycles. The van der Waals surface area contributed by atoms with Crippen molar-refractivity contribution in [1.82, 2.24) is 0 Å². The molecule has 0 atom stereocenters. The van der Waals surface area contributed by atoms with E-state index in [1.807, 2.05) is 12.1 Å². The van der Waals surface area contributed by atoms with E-state index < -0.39 is 0 Å². The standard InChI is InChI=1S/C18H17ClN2O3/c1-23-17-9-12(5-8-16(17)24-18(22)13-6-7-13)11-20-21-15-4-2-3-14(19)10-15/h2-5,8-11,13,21H,6-7H2,1H3/b20-11-. The highest BCUT2D eigenvalue weighted by Crippen LogP contribution is 2.34. The molecule has 0 saturated heterocycles. The third kappa shape index (κ3) is 4.26. The summed E-state index contributed by atoms with van der Waals surface area (Å²) in [4.78, 5) is 11.8. The molecule has 0 aromatic heterocycles. The Kier molecular flexibility index (Phi) is 5.01. The first-order valence-electron chi connectivity index (χ1n) is 7.60. The first-order chi connectivity index (χ1) is 11.7. The summed E-state index contributed by atoms with van der Waals surface area (Å²) in [6.07, 6.45) is 3.46. The number of carbonyl (C=O) groups is 1. The van der Waals surface area contributed by atoms with Crippen LogP contribution in [0.25, 0.3) is 0 Å². The van der Waals surface area contributed by atoms with Crippen LogP contribution in [0.3, 0.4) is 0 Å². The second kappa shape index (κ2) is 7.36. The van der Waals surface area contributed by atoms with Crippen LogP contribution in [-0.4, -0.2) is 19.3 Å². The lowest BCUT2D eigenvalue weighted by Gasteiger charge is -2.09. The van der Waals surface area contributed by atoms with E-state index in [4.69, 9.17) is 21.1 Å².